The van der Waals surface area contributed by atoms with Gasteiger partial charge in [-0.05, 0) is 30.4 Å². The summed E-state index contributed by atoms with van der Waals surface area (Å²) in [6, 6.07) is 9.32. The predicted molar refractivity (Wildman–Crippen MR) is 74.8 cm³/mol. The van der Waals surface area contributed by atoms with E-state index in [1.807, 2.05) is 36.4 Å². The van der Waals surface area contributed by atoms with Crippen LogP contribution in [0.15, 0.2) is 42.5 Å². The van der Waals surface area contributed by atoms with Crippen LogP contribution in [0.2, 0.25) is 0 Å². The average Bonchev–Trinajstić information content (AvgIpc) is 3.08. The highest BCUT2D eigenvalue weighted by molar-refractivity contribution is 5.96. The minimum absolute atomic E-state index is 0.0940. The topological polar surface area (TPSA) is 55.4 Å². The number of hydrogen-bond acceptors (Lipinski definition) is 3. The Hall–Kier alpha value is -2.10. The number of anilines is 1. The Labute approximate surface area is 117 Å². The summed E-state index contributed by atoms with van der Waals surface area (Å²) in [5.41, 5.74) is 0.757. The van der Waals surface area contributed by atoms with Crippen LogP contribution in [-0.4, -0.2) is 19.0 Å². The van der Waals surface area contributed by atoms with Crippen LogP contribution >= 0.6 is 0 Å². The molecular formula is C16H17NO3. The normalized spacial score (nSPS) is 30.2. The number of fused-ring (bicyclic) bond motifs is 2. The lowest BCUT2D eigenvalue weighted by Gasteiger charge is -2.25. The SMILES string of the molecule is COC(=O)[C@H]1[C@H](C(=O)Nc2ccccc2)[C@H]2C=C[C@H]1C2. The summed E-state index contributed by atoms with van der Waals surface area (Å²) in [5, 5.41) is 2.90. The lowest BCUT2D eigenvalue weighted by molar-refractivity contribution is -0.150. The molecule has 20 heavy (non-hydrogen) atoms. The van der Waals surface area contributed by atoms with E-state index in [0.29, 0.717) is 0 Å². The lowest BCUT2D eigenvalue weighted by atomic mass is 9.82. The molecule has 4 atom stereocenters. The van der Waals surface area contributed by atoms with Crippen LogP contribution in [0.4, 0.5) is 5.69 Å². The predicted octanol–water partition coefficient (Wildman–Crippen LogP) is 2.24. The van der Waals surface area contributed by atoms with Crippen LogP contribution in [0.1, 0.15) is 6.42 Å². The zero-order valence-electron chi connectivity index (χ0n) is 11.3. The molecule has 0 heterocycles. The van der Waals surface area contributed by atoms with Gasteiger partial charge in [-0.2, -0.15) is 0 Å². The van der Waals surface area contributed by atoms with Crippen molar-refractivity contribution in [1.29, 1.82) is 0 Å². The third-order valence-corrected chi connectivity index (χ3v) is 4.28. The Bertz CT molecular complexity index is 552. The number of hydrogen-bond donors (Lipinski definition) is 1. The van der Waals surface area contributed by atoms with Crippen molar-refractivity contribution in [2.75, 3.05) is 12.4 Å². The Morgan fingerprint density at radius 2 is 1.75 bits per heavy atom. The first kappa shape index (κ1) is 12.9. The number of esters is 1. The Morgan fingerprint density at radius 3 is 2.40 bits per heavy atom. The van der Waals surface area contributed by atoms with E-state index in [9.17, 15) is 9.59 Å². The number of benzene rings is 1. The van der Waals surface area contributed by atoms with Crippen molar-refractivity contribution >= 4 is 17.6 Å². The molecule has 1 N–H and O–H groups in total. The van der Waals surface area contributed by atoms with Crippen LogP contribution < -0.4 is 5.32 Å². The maximum absolute atomic E-state index is 12.5. The van der Waals surface area contributed by atoms with E-state index in [-0.39, 0.29) is 35.5 Å². The number of amides is 1. The van der Waals surface area contributed by atoms with Gasteiger partial charge in [-0.15, -0.1) is 0 Å². The highest BCUT2D eigenvalue weighted by Gasteiger charge is 2.52. The number of allylic oxidation sites excluding steroid dienone is 2. The Morgan fingerprint density at radius 1 is 1.10 bits per heavy atom. The lowest BCUT2D eigenvalue weighted by Crippen LogP contribution is -2.37. The Kier molecular flexibility index (Phi) is 3.30. The van der Waals surface area contributed by atoms with E-state index in [1.165, 1.54) is 7.11 Å². The fourth-order valence-corrected chi connectivity index (χ4v) is 3.38. The number of nitrogens with one attached hydrogen (secondary N) is 1. The van der Waals surface area contributed by atoms with Gasteiger partial charge in [0.25, 0.3) is 0 Å². The van der Waals surface area contributed by atoms with Crippen molar-refractivity contribution in [2.45, 2.75) is 6.42 Å². The fraction of sp³-hybridized carbons (Fsp3) is 0.375. The number of carbonyl (C=O) groups is 2. The summed E-state index contributed by atoms with van der Waals surface area (Å²) in [7, 11) is 1.38. The fourth-order valence-electron chi connectivity index (χ4n) is 3.38. The van der Waals surface area contributed by atoms with Gasteiger partial charge in [-0.1, -0.05) is 30.4 Å². The molecule has 104 valence electrons. The van der Waals surface area contributed by atoms with Gasteiger partial charge in [0.15, 0.2) is 0 Å². The summed E-state index contributed by atoms with van der Waals surface area (Å²) < 4.78 is 4.86. The third-order valence-electron chi connectivity index (χ3n) is 4.28. The van der Waals surface area contributed by atoms with Crippen LogP contribution in [-0.2, 0) is 14.3 Å². The van der Waals surface area contributed by atoms with Crippen molar-refractivity contribution in [1.82, 2.24) is 0 Å². The van der Waals surface area contributed by atoms with Gasteiger partial charge in [-0.3, -0.25) is 9.59 Å². The Balaban J connectivity index is 1.79. The van der Waals surface area contributed by atoms with Crippen molar-refractivity contribution in [2.24, 2.45) is 23.7 Å². The molecule has 0 aromatic heterocycles. The molecule has 4 heteroatoms. The molecule has 0 radical (unpaired) electrons. The molecule has 1 aromatic rings. The molecule has 1 saturated carbocycles. The van der Waals surface area contributed by atoms with E-state index in [1.54, 1.807) is 0 Å². The highest BCUT2D eigenvalue weighted by Crippen LogP contribution is 2.48. The summed E-state index contributed by atoms with van der Waals surface area (Å²) in [4.78, 5) is 24.4. The quantitative estimate of drug-likeness (QED) is 0.677. The van der Waals surface area contributed by atoms with Crippen molar-refractivity contribution in [3.8, 4) is 0 Å². The second-order valence-corrected chi connectivity index (χ2v) is 5.38. The van der Waals surface area contributed by atoms with Gasteiger partial charge in [0.05, 0.1) is 18.9 Å². The smallest absolute Gasteiger partial charge is 0.310 e. The third kappa shape index (κ3) is 2.11. The van der Waals surface area contributed by atoms with Gasteiger partial charge in [0.1, 0.15) is 0 Å². The molecule has 4 nitrogen and oxygen atoms in total. The summed E-state index contributed by atoms with van der Waals surface area (Å²) >= 11 is 0. The van der Waals surface area contributed by atoms with E-state index >= 15 is 0 Å². The van der Waals surface area contributed by atoms with E-state index in [0.717, 1.165) is 12.1 Å². The van der Waals surface area contributed by atoms with Crippen LogP contribution in [0.25, 0.3) is 0 Å². The standard InChI is InChI=1S/C16H17NO3/c1-20-16(19)14-11-8-7-10(9-11)13(14)15(18)17-12-5-3-2-4-6-12/h2-8,10-11,13-14H,9H2,1H3,(H,17,18)/t10-,11-,13+,14+/m0/s1. The average molecular weight is 271 g/mol. The van der Waals surface area contributed by atoms with Crippen LogP contribution in [0.5, 0.6) is 0 Å². The molecule has 2 aliphatic carbocycles. The molecule has 3 rings (SSSR count). The zero-order valence-corrected chi connectivity index (χ0v) is 11.3. The maximum Gasteiger partial charge on any atom is 0.310 e. The van der Waals surface area contributed by atoms with Gasteiger partial charge in [0.2, 0.25) is 5.91 Å². The van der Waals surface area contributed by atoms with Gasteiger partial charge < -0.3 is 10.1 Å². The molecule has 1 fully saturated rings. The van der Waals surface area contributed by atoms with Crippen LogP contribution in [0.3, 0.4) is 0 Å². The van der Waals surface area contributed by atoms with Crippen molar-refractivity contribution in [3.63, 3.8) is 0 Å². The molecule has 2 bridgehead atoms. The van der Waals surface area contributed by atoms with E-state index in [4.69, 9.17) is 4.74 Å². The molecule has 0 spiro atoms. The second-order valence-electron chi connectivity index (χ2n) is 5.38. The molecule has 2 aliphatic rings. The van der Waals surface area contributed by atoms with E-state index < -0.39 is 0 Å². The van der Waals surface area contributed by atoms with Crippen molar-refractivity contribution < 1.29 is 14.3 Å². The number of para-hydroxylation sites is 1. The first-order valence-electron chi connectivity index (χ1n) is 6.83. The minimum Gasteiger partial charge on any atom is -0.469 e. The molecule has 0 unspecified atom stereocenters. The number of methoxy groups -OCH3 is 1. The minimum atomic E-state index is -0.348. The maximum atomic E-state index is 12.5. The summed E-state index contributed by atoms with van der Waals surface area (Å²) in [5.74, 6) is -0.762. The van der Waals surface area contributed by atoms with Crippen molar-refractivity contribution in [3.05, 3.63) is 42.5 Å². The second kappa shape index (κ2) is 5.12. The van der Waals surface area contributed by atoms with Gasteiger partial charge in [0, 0.05) is 5.69 Å². The zero-order chi connectivity index (χ0) is 14.1. The van der Waals surface area contributed by atoms with Gasteiger partial charge >= 0.3 is 5.97 Å². The largest absolute Gasteiger partial charge is 0.469 e. The summed E-state index contributed by atoms with van der Waals surface area (Å²) in [6.45, 7) is 0. The molecule has 0 aliphatic heterocycles. The molecule has 1 amide bonds. The summed E-state index contributed by atoms with van der Waals surface area (Å²) in [6.07, 6.45) is 4.96. The molecule has 0 saturated heterocycles. The van der Waals surface area contributed by atoms with E-state index in [2.05, 4.69) is 11.4 Å². The number of rotatable bonds is 3. The monoisotopic (exact) mass is 271 g/mol. The molecular weight excluding hydrogens is 254 g/mol. The molecule has 1 aromatic carbocycles. The first-order chi connectivity index (χ1) is 9.70. The number of carbonyl (C=O) groups excluding carboxylic acids is 2. The first-order valence-corrected chi connectivity index (χ1v) is 6.83. The van der Waals surface area contributed by atoms with Crippen LogP contribution in [0, 0.1) is 23.7 Å². The highest BCUT2D eigenvalue weighted by atomic mass is 16.5. The number of ether oxygens (including phenoxy) is 1. The van der Waals surface area contributed by atoms with Gasteiger partial charge in [-0.25, -0.2) is 0 Å².